The van der Waals surface area contributed by atoms with Crippen molar-refractivity contribution in [2.24, 2.45) is 0 Å². The number of nitrogens with zero attached hydrogens (tertiary/aromatic N) is 4. The van der Waals surface area contributed by atoms with Crippen molar-refractivity contribution >= 4 is 11.6 Å². The number of anilines is 1. The van der Waals surface area contributed by atoms with Crippen LogP contribution in [0.25, 0.3) is 5.69 Å². The van der Waals surface area contributed by atoms with Gasteiger partial charge < -0.3 is 14.5 Å². The van der Waals surface area contributed by atoms with Crippen molar-refractivity contribution in [3.05, 3.63) is 72.1 Å². The van der Waals surface area contributed by atoms with Gasteiger partial charge in [0.25, 0.3) is 5.91 Å². The number of para-hydroxylation sites is 2. The second kappa shape index (κ2) is 8.33. The Hall–Kier alpha value is -3.49. The number of carbonyl (C=O) groups excluding carboxylic acids is 1. The fraction of sp³-hybridized carbons (Fsp3) is 0.273. The van der Waals surface area contributed by atoms with E-state index in [9.17, 15) is 18.0 Å². The van der Waals surface area contributed by atoms with Crippen LogP contribution in [0.15, 0.2) is 60.8 Å². The number of methoxy groups -OCH3 is 1. The second-order valence-electron chi connectivity index (χ2n) is 7.14. The van der Waals surface area contributed by atoms with E-state index in [-0.39, 0.29) is 5.91 Å². The quantitative estimate of drug-likeness (QED) is 0.631. The molecule has 1 fully saturated rings. The number of carbonyl (C=O) groups is 1. The van der Waals surface area contributed by atoms with Gasteiger partial charge in [0.05, 0.1) is 18.5 Å². The summed E-state index contributed by atoms with van der Waals surface area (Å²) >= 11 is 0. The van der Waals surface area contributed by atoms with E-state index in [0.29, 0.717) is 37.4 Å². The standard InChI is InChI=1S/C22H21F3N4O2/c1-31-19-5-3-2-4-18(19)27-12-14-28(15-13-27)21(30)16-6-8-17(9-7-16)29-11-10-20(26-29)22(23,24)25/h2-11H,12-15H2,1H3. The molecule has 1 amide bonds. The third-order valence-corrected chi connectivity index (χ3v) is 5.25. The average Bonchev–Trinajstić information content (AvgIpc) is 3.30. The first-order chi connectivity index (χ1) is 14.9. The lowest BCUT2D eigenvalue weighted by Crippen LogP contribution is -2.48. The van der Waals surface area contributed by atoms with Gasteiger partial charge in [-0.05, 0) is 42.5 Å². The molecule has 0 saturated carbocycles. The summed E-state index contributed by atoms with van der Waals surface area (Å²) in [5.41, 5.74) is 0.977. The minimum atomic E-state index is -4.49. The highest BCUT2D eigenvalue weighted by Crippen LogP contribution is 2.29. The van der Waals surface area contributed by atoms with Crippen molar-refractivity contribution in [2.45, 2.75) is 6.18 Å². The fourth-order valence-electron chi connectivity index (χ4n) is 3.60. The van der Waals surface area contributed by atoms with E-state index in [1.54, 1.807) is 36.3 Å². The molecule has 3 aromatic rings. The summed E-state index contributed by atoms with van der Waals surface area (Å²) in [7, 11) is 1.63. The molecule has 9 heteroatoms. The van der Waals surface area contributed by atoms with Crippen molar-refractivity contribution in [2.75, 3.05) is 38.2 Å². The van der Waals surface area contributed by atoms with Crippen molar-refractivity contribution in [3.63, 3.8) is 0 Å². The van der Waals surface area contributed by atoms with Crippen molar-refractivity contribution in [3.8, 4) is 11.4 Å². The van der Waals surface area contributed by atoms with Gasteiger partial charge >= 0.3 is 6.18 Å². The number of halogens is 3. The van der Waals surface area contributed by atoms with Gasteiger partial charge in [-0.15, -0.1) is 0 Å². The van der Waals surface area contributed by atoms with Gasteiger partial charge in [-0.3, -0.25) is 4.79 Å². The number of alkyl halides is 3. The number of aromatic nitrogens is 2. The summed E-state index contributed by atoms with van der Waals surface area (Å²) in [5, 5.41) is 3.55. The predicted molar refractivity (Wildman–Crippen MR) is 110 cm³/mol. The van der Waals surface area contributed by atoms with Gasteiger partial charge in [-0.1, -0.05) is 12.1 Å². The van der Waals surface area contributed by atoms with Crippen molar-refractivity contribution in [1.29, 1.82) is 0 Å². The van der Waals surface area contributed by atoms with E-state index < -0.39 is 11.9 Å². The molecule has 0 spiro atoms. The summed E-state index contributed by atoms with van der Waals surface area (Å²) in [6, 6.07) is 15.1. The normalized spacial score (nSPS) is 14.6. The SMILES string of the molecule is COc1ccccc1N1CCN(C(=O)c2ccc(-n3ccc(C(F)(F)F)n3)cc2)CC1. The van der Waals surface area contributed by atoms with E-state index in [1.165, 1.54) is 6.20 Å². The zero-order valence-corrected chi connectivity index (χ0v) is 16.8. The smallest absolute Gasteiger partial charge is 0.435 e. The van der Waals surface area contributed by atoms with Crippen molar-refractivity contribution < 1.29 is 22.7 Å². The molecule has 4 rings (SSSR count). The summed E-state index contributed by atoms with van der Waals surface area (Å²) in [5.74, 6) is 0.688. The predicted octanol–water partition coefficient (Wildman–Crippen LogP) is 3.86. The van der Waals surface area contributed by atoms with E-state index in [2.05, 4.69) is 10.00 Å². The fourth-order valence-corrected chi connectivity index (χ4v) is 3.60. The molecule has 0 aliphatic carbocycles. The monoisotopic (exact) mass is 430 g/mol. The van der Waals surface area contributed by atoms with E-state index in [0.717, 1.165) is 22.2 Å². The molecule has 0 atom stereocenters. The molecule has 2 heterocycles. The molecule has 0 bridgehead atoms. The zero-order valence-electron chi connectivity index (χ0n) is 16.8. The van der Waals surface area contributed by atoms with E-state index in [1.807, 2.05) is 24.3 Å². The lowest BCUT2D eigenvalue weighted by Gasteiger charge is -2.36. The third-order valence-electron chi connectivity index (χ3n) is 5.25. The highest BCUT2D eigenvalue weighted by Gasteiger charge is 2.33. The van der Waals surface area contributed by atoms with Crippen LogP contribution in [0.5, 0.6) is 5.75 Å². The zero-order chi connectivity index (χ0) is 22.0. The first-order valence-electron chi connectivity index (χ1n) is 9.77. The highest BCUT2D eigenvalue weighted by atomic mass is 19.4. The summed E-state index contributed by atoms with van der Waals surface area (Å²) in [4.78, 5) is 16.8. The molecule has 0 N–H and O–H groups in total. The summed E-state index contributed by atoms with van der Waals surface area (Å²) in [6.45, 7) is 2.48. The molecule has 1 aliphatic heterocycles. The summed E-state index contributed by atoms with van der Waals surface area (Å²) < 4.78 is 44.8. The van der Waals surface area contributed by atoms with Crippen LogP contribution in [0.1, 0.15) is 16.1 Å². The molecule has 2 aromatic carbocycles. The number of hydrogen-bond donors (Lipinski definition) is 0. The van der Waals surface area contributed by atoms with Gasteiger partial charge in [0.2, 0.25) is 0 Å². The number of piperazine rings is 1. The van der Waals surface area contributed by atoms with Crippen LogP contribution in [0.2, 0.25) is 0 Å². The van der Waals surface area contributed by atoms with Gasteiger partial charge in [0.15, 0.2) is 5.69 Å². The number of hydrogen-bond acceptors (Lipinski definition) is 4. The van der Waals surface area contributed by atoms with Gasteiger partial charge in [0.1, 0.15) is 5.75 Å². The van der Waals surface area contributed by atoms with Gasteiger partial charge in [-0.2, -0.15) is 18.3 Å². The lowest BCUT2D eigenvalue weighted by molar-refractivity contribution is -0.141. The Labute approximate surface area is 177 Å². The largest absolute Gasteiger partial charge is 0.495 e. The van der Waals surface area contributed by atoms with Gasteiger partial charge in [0, 0.05) is 37.9 Å². The Bertz CT molecular complexity index is 1060. The maximum atomic E-state index is 12.9. The van der Waals surface area contributed by atoms with Crippen molar-refractivity contribution in [1.82, 2.24) is 14.7 Å². The molecule has 1 saturated heterocycles. The molecule has 162 valence electrons. The van der Waals surface area contributed by atoms with Crippen LogP contribution in [0, 0.1) is 0 Å². The number of rotatable bonds is 4. The maximum absolute atomic E-state index is 12.9. The second-order valence-corrected chi connectivity index (χ2v) is 7.14. The third kappa shape index (κ3) is 4.35. The van der Waals surface area contributed by atoms with Crippen LogP contribution in [0.3, 0.4) is 0 Å². The molecule has 6 nitrogen and oxygen atoms in total. The first kappa shape index (κ1) is 20.8. The van der Waals surface area contributed by atoms with Crippen LogP contribution in [-0.4, -0.2) is 53.9 Å². The Balaban J connectivity index is 1.41. The van der Waals surface area contributed by atoms with Crippen LogP contribution < -0.4 is 9.64 Å². The van der Waals surface area contributed by atoms with Gasteiger partial charge in [-0.25, -0.2) is 4.68 Å². The topological polar surface area (TPSA) is 50.6 Å². The Kier molecular flexibility index (Phi) is 5.58. The molecule has 31 heavy (non-hydrogen) atoms. The first-order valence-corrected chi connectivity index (χ1v) is 9.77. The summed E-state index contributed by atoms with van der Waals surface area (Å²) in [6.07, 6.45) is -3.25. The Morgan fingerprint density at radius 2 is 1.65 bits per heavy atom. The number of ether oxygens (including phenoxy) is 1. The number of benzene rings is 2. The van der Waals surface area contributed by atoms with Crippen LogP contribution in [0.4, 0.5) is 18.9 Å². The average molecular weight is 430 g/mol. The highest BCUT2D eigenvalue weighted by molar-refractivity contribution is 5.94. The van der Waals surface area contributed by atoms with Crippen LogP contribution in [-0.2, 0) is 6.18 Å². The van der Waals surface area contributed by atoms with E-state index >= 15 is 0 Å². The minimum absolute atomic E-state index is 0.109. The molecule has 0 radical (unpaired) electrons. The Morgan fingerprint density at radius 3 is 2.26 bits per heavy atom. The van der Waals surface area contributed by atoms with E-state index in [4.69, 9.17) is 4.74 Å². The number of amides is 1. The Morgan fingerprint density at radius 1 is 0.968 bits per heavy atom. The minimum Gasteiger partial charge on any atom is -0.495 e. The molecule has 0 unspecified atom stereocenters. The molecular weight excluding hydrogens is 409 g/mol. The van der Waals surface area contributed by atoms with Crippen LogP contribution >= 0.6 is 0 Å². The molecule has 1 aliphatic rings. The maximum Gasteiger partial charge on any atom is 0.435 e. The molecule has 1 aromatic heterocycles. The lowest BCUT2D eigenvalue weighted by atomic mass is 10.1. The molecular formula is C22H21F3N4O2.